The quantitative estimate of drug-likeness (QED) is 0.488. The molecule has 22 heavy (non-hydrogen) atoms. The molecule has 1 rings (SSSR count). The molecule has 1 aromatic rings. The molecule has 8 heteroatoms. The Balaban J connectivity index is 3.15. The third kappa shape index (κ3) is 4.13. The van der Waals surface area contributed by atoms with Crippen LogP contribution in [0.4, 0.5) is 5.69 Å². The highest BCUT2D eigenvalue weighted by atomic mass is 35.5. The van der Waals surface area contributed by atoms with Gasteiger partial charge in [0.05, 0.1) is 28.4 Å². The van der Waals surface area contributed by atoms with Crippen LogP contribution in [0.1, 0.15) is 17.3 Å². The first kappa shape index (κ1) is 17.8. The summed E-state index contributed by atoms with van der Waals surface area (Å²) in [5, 5.41) is 14.4. The van der Waals surface area contributed by atoms with Gasteiger partial charge in [0, 0.05) is 12.7 Å². The highest BCUT2D eigenvalue weighted by molar-refractivity contribution is 6.41. The monoisotopic (exact) mass is 341 g/mol. The summed E-state index contributed by atoms with van der Waals surface area (Å²) in [6.45, 7) is 2.18. The van der Waals surface area contributed by atoms with Crippen LogP contribution in [0.15, 0.2) is 23.9 Å². The summed E-state index contributed by atoms with van der Waals surface area (Å²) in [5.41, 5.74) is 0.192. The largest absolute Gasteiger partial charge is 0.465 e. The van der Waals surface area contributed by atoms with E-state index in [1.165, 1.54) is 12.1 Å². The molecule has 2 N–H and O–H groups in total. The van der Waals surface area contributed by atoms with E-state index in [1.54, 1.807) is 13.0 Å². The van der Waals surface area contributed by atoms with Gasteiger partial charge in [0.1, 0.15) is 6.07 Å². The van der Waals surface area contributed by atoms with Gasteiger partial charge in [0.25, 0.3) is 5.91 Å². The van der Waals surface area contributed by atoms with E-state index < -0.39 is 11.9 Å². The number of halogens is 2. The molecule has 0 aliphatic carbocycles. The fourth-order valence-electron chi connectivity index (χ4n) is 1.52. The van der Waals surface area contributed by atoms with Crippen LogP contribution in [0.25, 0.3) is 0 Å². The third-order valence-electron chi connectivity index (χ3n) is 2.55. The van der Waals surface area contributed by atoms with Crippen LogP contribution in [0, 0.1) is 11.3 Å². The van der Waals surface area contributed by atoms with Crippen molar-refractivity contribution in [3.05, 3.63) is 39.5 Å². The molecule has 0 saturated heterocycles. The standard InChI is InChI=1S/C14H13Cl2N3O3/c1-3-18-13(20)11-9(15)4-5-10(12(11)16)19-7-8(6-17)14(21)22-2/h4-5,7,19H,3H2,1-2H3,(H,18,20). The van der Waals surface area contributed by atoms with Crippen molar-refractivity contribution < 1.29 is 14.3 Å². The van der Waals surface area contributed by atoms with E-state index in [4.69, 9.17) is 28.5 Å². The van der Waals surface area contributed by atoms with E-state index in [2.05, 4.69) is 15.4 Å². The first-order chi connectivity index (χ1) is 10.5. The van der Waals surface area contributed by atoms with Gasteiger partial charge in [0.2, 0.25) is 0 Å². The van der Waals surface area contributed by atoms with Crippen molar-refractivity contribution in [1.82, 2.24) is 5.32 Å². The smallest absolute Gasteiger partial charge is 0.350 e. The van der Waals surface area contributed by atoms with Crippen LogP contribution in [0.2, 0.25) is 10.0 Å². The Kier molecular flexibility index (Phi) is 6.70. The zero-order chi connectivity index (χ0) is 16.7. The Labute approximate surface area is 137 Å². The second-order valence-corrected chi connectivity index (χ2v) is 4.73. The highest BCUT2D eigenvalue weighted by Gasteiger charge is 2.17. The summed E-state index contributed by atoms with van der Waals surface area (Å²) in [7, 11) is 1.16. The molecule has 0 unspecified atom stereocenters. The number of benzene rings is 1. The summed E-state index contributed by atoms with van der Waals surface area (Å²) in [6.07, 6.45) is 1.14. The third-order valence-corrected chi connectivity index (χ3v) is 3.26. The molecular weight excluding hydrogens is 329 g/mol. The minimum absolute atomic E-state index is 0.0804. The van der Waals surface area contributed by atoms with Crippen molar-refractivity contribution in [2.24, 2.45) is 0 Å². The van der Waals surface area contributed by atoms with Gasteiger partial charge in [-0.25, -0.2) is 4.79 Å². The molecule has 1 amide bonds. The van der Waals surface area contributed by atoms with Crippen LogP contribution < -0.4 is 10.6 Å². The van der Waals surface area contributed by atoms with Crippen molar-refractivity contribution >= 4 is 40.8 Å². The number of anilines is 1. The Hall–Kier alpha value is -2.23. The van der Waals surface area contributed by atoms with Crippen molar-refractivity contribution in [3.8, 4) is 6.07 Å². The first-order valence-corrected chi connectivity index (χ1v) is 6.93. The fourth-order valence-corrected chi connectivity index (χ4v) is 2.11. The molecular formula is C14H13Cl2N3O3. The van der Waals surface area contributed by atoms with Gasteiger partial charge in [-0.1, -0.05) is 23.2 Å². The highest BCUT2D eigenvalue weighted by Crippen LogP contribution is 2.31. The van der Waals surface area contributed by atoms with E-state index >= 15 is 0 Å². The topological polar surface area (TPSA) is 91.2 Å². The fraction of sp³-hybridized carbons (Fsp3) is 0.214. The number of methoxy groups -OCH3 is 1. The zero-order valence-electron chi connectivity index (χ0n) is 11.9. The molecule has 0 fully saturated rings. The number of nitrogens with zero attached hydrogens (tertiary/aromatic N) is 1. The summed E-state index contributed by atoms with van der Waals surface area (Å²) in [4.78, 5) is 23.2. The molecule has 6 nitrogen and oxygen atoms in total. The zero-order valence-corrected chi connectivity index (χ0v) is 13.4. The summed E-state index contributed by atoms with van der Waals surface area (Å²) >= 11 is 12.1. The molecule has 116 valence electrons. The number of carbonyl (C=O) groups is 2. The SMILES string of the molecule is CCNC(=O)c1c(Cl)ccc(NC=C(C#N)C(=O)OC)c1Cl. The Morgan fingerprint density at radius 1 is 1.41 bits per heavy atom. The van der Waals surface area contributed by atoms with Gasteiger partial charge in [-0.05, 0) is 19.1 Å². The lowest BCUT2D eigenvalue weighted by Gasteiger charge is -2.11. The molecule has 0 aromatic heterocycles. The number of ether oxygens (including phenoxy) is 1. The number of amides is 1. The van der Waals surface area contributed by atoms with Crippen LogP contribution in [0.5, 0.6) is 0 Å². The molecule has 0 aliphatic heterocycles. The van der Waals surface area contributed by atoms with Gasteiger partial charge in [0.15, 0.2) is 5.57 Å². The van der Waals surface area contributed by atoms with Gasteiger partial charge in [-0.3, -0.25) is 4.79 Å². The number of nitriles is 1. The van der Waals surface area contributed by atoms with Crippen LogP contribution in [-0.2, 0) is 9.53 Å². The molecule has 0 aliphatic rings. The molecule has 0 bridgehead atoms. The number of hydrogen-bond acceptors (Lipinski definition) is 5. The number of nitrogens with one attached hydrogen (secondary N) is 2. The minimum atomic E-state index is -0.788. The van der Waals surface area contributed by atoms with Crippen molar-refractivity contribution in [2.75, 3.05) is 19.0 Å². The Bertz CT molecular complexity index is 666. The maximum Gasteiger partial charge on any atom is 0.350 e. The van der Waals surface area contributed by atoms with Crippen LogP contribution >= 0.6 is 23.2 Å². The summed E-state index contributed by atoms with van der Waals surface area (Å²) in [5.74, 6) is -1.21. The molecule has 0 radical (unpaired) electrons. The minimum Gasteiger partial charge on any atom is -0.465 e. The average molecular weight is 342 g/mol. The molecule has 1 aromatic carbocycles. The number of esters is 1. The maximum absolute atomic E-state index is 11.9. The summed E-state index contributed by atoms with van der Waals surface area (Å²) in [6, 6.07) is 4.70. The molecule has 0 atom stereocenters. The van der Waals surface area contributed by atoms with E-state index in [0.717, 1.165) is 13.3 Å². The second-order valence-electron chi connectivity index (χ2n) is 3.95. The lowest BCUT2D eigenvalue weighted by atomic mass is 10.1. The Morgan fingerprint density at radius 3 is 2.64 bits per heavy atom. The number of rotatable bonds is 5. The van der Waals surface area contributed by atoms with E-state index in [0.29, 0.717) is 12.2 Å². The van der Waals surface area contributed by atoms with Crippen molar-refractivity contribution in [1.29, 1.82) is 5.26 Å². The lowest BCUT2D eigenvalue weighted by molar-refractivity contribution is -0.135. The maximum atomic E-state index is 11.9. The predicted molar refractivity (Wildman–Crippen MR) is 83.8 cm³/mol. The number of carbonyl (C=O) groups excluding carboxylic acids is 2. The van der Waals surface area contributed by atoms with Crippen LogP contribution in [0.3, 0.4) is 0 Å². The van der Waals surface area contributed by atoms with E-state index in [1.807, 2.05) is 0 Å². The molecule has 0 heterocycles. The van der Waals surface area contributed by atoms with Crippen molar-refractivity contribution in [3.63, 3.8) is 0 Å². The van der Waals surface area contributed by atoms with Gasteiger partial charge in [-0.15, -0.1) is 0 Å². The number of hydrogen-bond donors (Lipinski definition) is 2. The summed E-state index contributed by atoms with van der Waals surface area (Å²) < 4.78 is 4.45. The predicted octanol–water partition coefficient (Wildman–Crippen LogP) is 2.74. The molecule has 0 spiro atoms. The van der Waals surface area contributed by atoms with Gasteiger partial charge >= 0.3 is 5.97 Å². The lowest BCUT2D eigenvalue weighted by Crippen LogP contribution is -2.23. The van der Waals surface area contributed by atoms with Gasteiger partial charge in [-0.2, -0.15) is 5.26 Å². The Morgan fingerprint density at radius 2 is 2.09 bits per heavy atom. The normalized spacial score (nSPS) is 10.6. The van der Waals surface area contributed by atoms with Crippen molar-refractivity contribution in [2.45, 2.75) is 6.92 Å². The molecule has 0 saturated carbocycles. The van der Waals surface area contributed by atoms with Crippen LogP contribution in [-0.4, -0.2) is 25.5 Å². The van der Waals surface area contributed by atoms with Gasteiger partial charge < -0.3 is 15.4 Å². The average Bonchev–Trinajstić information content (AvgIpc) is 2.49. The first-order valence-electron chi connectivity index (χ1n) is 6.17. The van der Waals surface area contributed by atoms with E-state index in [-0.39, 0.29) is 21.2 Å². The second kappa shape index (κ2) is 8.27. The van der Waals surface area contributed by atoms with E-state index in [9.17, 15) is 9.59 Å².